The number of benzene rings is 1. The van der Waals surface area contributed by atoms with E-state index in [4.69, 9.17) is 9.26 Å². The highest BCUT2D eigenvalue weighted by atomic mass is 16.6. The van der Waals surface area contributed by atoms with Crippen molar-refractivity contribution in [3.05, 3.63) is 35.4 Å². The number of nitrogens with zero attached hydrogens (tertiary/aromatic N) is 2. The Bertz CT molecular complexity index is 725. The van der Waals surface area contributed by atoms with Crippen LogP contribution in [0.2, 0.25) is 0 Å². The Kier molecular flexibility index (Phi) is 3.02. The summed E-state index contributed by atoms with van der Waals surface area (Å²) in [5, 5.41) is 4.32. The van der Waals surface area contributed by atoms with Gasteiger partial charge in [-0.15, -0.1) is 0 Å². The maximum absolute atomic E-state index is 6.28. The van der Waals surface area contributed by atoms with Crippen LogP contribution in [-0.4, -0.2) is 35.3 Å². The highest BCUT2D eigenvalue weighted by Gasteiger charge is 2.40. The lowest BCUT2D eigenvalue weighted by atomic mass is 9.90. The SMILES string of the molecule is CN1C2CCC1CC(Oc1onc3c1CCc1ccccc1-3)C2. The molecule has 3 heterocycles. The van der Waals surface area contributed by atoms with Crippen LogP contribution in [0.3, 0.4) is 0 Å². The summed E-state index contributed by atoms with van der Waals surface area (Å²) in [4.78, 5) is 2.53. The van der Waals surface area contributed by atoms with Crippen LogP contribution >= 0.6 is 0 Å². The van der Waals surface area contributed by atoms with Crippen molar-refractivity contribution in [2.24, 2.45) is 0 Å². The first-order chi connectivity index (χ1) is 11.3. The van der Waals surface area contributed by atoms with E-state index in [1.54, 1.807) is 0 Å². The molecular formula is C19H22N2O2. The van der Waals surface area contributed by atoms with Gasteiger partial charge < -0.3 is 14.2 Å². The molecule has 2 bridgehead atoms. The average Bonchev–Trinajstić information content (AvgIpc) is 3.05. The van der Waals surface area contributed by atoms with Crippen molar-refractivity contribution < 1.29 is 9.26 Å². The summed E-state index contributed by atoms with van der Waals surface area (Å²) < 4.78 is 11.9. The molecule has 2 fully saturated rings. The van der Waals surface area contributed by atoms with Crippen LogP contribution in [0.1, 0.15) is 36.8 Å². The van der Waals surface area contributed by atoms with E-state index in [9.17, 15) is 0 Å². The number of hydrogen-bond acceptors (Lipinski definition) is 4. The van der Waals surface area contributed by atoms with Crippen LogP contribution in [0.25, 0.3) is 11.3 Å². The minimum Gasteiger partial charge on any atom is -0.460 e. The molecule has 3 aliphatic rings. The number of fused-ring (bicyclic) bond motifs is 5. The molecule has 4 heteroatoms. The molecule has 1 aliphatic carbocycles. The fourth-order valence-electron chi connectivity index (χ4n) is 4.66. The van der Waals surface area contributed by atoms with Crippen molar-refractivity contribution in [1.82, 2.24) is 10.1 Å². The molecule has 0 saturated carbocycles. The number of piperidine rings is 1. The predicted molar refractivity (Wildman–Crippen MR) is 87.6 cm³/mol. The van der Waals surface area contributed by atoms with E-state index >= 15 is 0 Å². The Morgan fingerprint density at radius 2 is 1.91 bits per heavy atom. The van der Waals surface area contributed by atoms with E-state index in [1.807, 2.05) is 0 Å². The third-order valence-corrected chi connectivity index (χ3v) is 6.00. The van der Waals surface area contributed by atoms with Gasteiger partial charge >= 0.3 is 5.95 Å². The van der Waals surface area contributed by atoms with Crippen LogP contribution in [0, 0.1) is 0 Å². The molecule has 2 aliphatic heterocycles. The lowest BCUT2D eigenvalue weighted by Crippen LogP contribution is -2.43. The topological polar surface area (TPSA) is 38.5 Å². The van der Waals surface area contributed by atoms with Crippen LogP contribution in [0.15, 0.2) is 28.8 Å². The molecule has 2 saturated heterocycles. The van der Waals surface area contributed by atoms with Crippen LogP contribution in [0.4, 0.5) is 0 Å². The molecular weight excluding hydrogens is 288 g/mol. The van der Waals surface area contributed by atoms with Gasteiger partial charge in [0.15, 0.2) is 0 Å². The van der Waals surface area contributed by atoms with E-state index in [1.165, 1.54) is 24.0 Å². The van der Waals surface area contributed by atoms with Gasteiger partial charge in [0.2, 0.25) is 0 Å². The monoisotopic (exact) mass is 310 g/mol. The predicted octanol–water partition coefficient (Wildman–Crippen LogP) is 3.44. The average molecular weight is 310 g/mol. The molecule has 2 aromatic rings. The second-order valence-corrected chi connectivity index (χ2v) is 7.22. The van der Waals surface area contributed by atoms with Gasteiger partial charge in [-0.2, -0.15) is 0 Å². The zero-order valence-corrected chi connectivity index (χ0v) is 13.5. The third kappa shape index (κ3) is 2.12. The second kappa shape index (κ2) is 5.10. The number of hydrogen-bond donors (Lipinski definition) is 0. The van der Waals surface area contributed by atoms with Crippen molar-refractivity contribution in [2.45, 2.75) is 56.7 Å². The standard InChI is InChI=1S/C19H22N2O2/c1-21-13-7-8-14(21)11-15(10-13)22-19-17-9-6-12-4-2-3-5-16(12)18(17)20-23-19/h2-5,13-15H,6-11H2,1H3. The summed E-state index contributed by atoms with van der Waals surface area (Å²) in [6, 6.07) is 9.84. The van der Waals surface area contributed by atoms with Crippen molar-refractivity contribution >= 4 is 0 Å². The normalized spacial score (nSPS) is 29.2. The van der Waals surface area contributed by atoms with Gasteiger partial charge in [0, 0.05) is 30.5 Å². The molecule has 0 N–H and O–H groups in total. The maximum atomic E-state index is 6.28. The Hall–Kier alpha value is -1.81. The molecule has 23 heavy (non-hydrogen) atoms. The number of aryl methyl sites for hydroxylation is 1. The van der Waals surface area contributed by atoms with Gasteiger partial charge in [0.25, 0.3) is 0 Å². The number of ether oxygens (including phenoxy) is 1. The second-order valence-electron chi connectivity index (χ2n) is 7.22. The molecule has 0 radical (unpaired) electrons. The molecule has 0 spiro atoms. The summed E-state index contributed by atoms with van der Waals surface area (Å²) in [7, 11) is 2.26. The molecule has 2 atom stereocenters. The quantitative estimate of drug-likeness (QED) is 0.851. The summed E-state index contributed by atoms with van der Waals surface area (Å²) in [6.07, 6.45) is 7.12. The van der Waals surface area contributed by atoms with Crippen molar-refractivity contribution in [1.29, 1.82) is 0 Å². The minimum absolute atomic E-state index is 0.276. The number of rotatable bonds is 2. The zero-order valence-electron chi connectivity index (χ0n) is 13.5. The van der Waals surface area contributed by atoms with E-state index in [0.29, 0.717) is 18.0 Å². The van der Waals surface area contributed by atoms with Gasteiger partial charge in [0.05, 0.1) is 5.56 Å². The van der Waals surface area contributed by atoms with Crippen molar-refractivity contribution in [3.8, 4) is 17.2 Å². The van der Waals surface area contributed by atoms with E-state index in [2.05, 4.69) is 41.4 Å². The Morgan fingerprint density at radius 1 is 1.13 bits per heavy atom. The summed E-state index contributed by atoms with van der Waals surface area (Å²) in [5.41, 5.74) is 4.71. The summed E-state index contributed by atoms with van der Waals surface area (Å²) >= 11 is 0. The fraction of sp³-hybridized carbons (Fsp3) is 0.526. The number of aromatic nitrogens is 1. The first kappa shape index (κ1) is 13.6. The third-order valence-electron chi connectivity index (χ3n) is 6.00. The van der Waals surface area contributed by atoms with Gasteiger partial charge in [0.1, 0.15) is 11.8 Å². The van der Waals surface area contributed by atoms with Crippen LogP contribution in [0.5, 0.6) is 5.95 Å². The lowest BCUT2D eigenvalue weighted by molar-refractivity contribution is 0.0453. The zero-order chi connectivity index (χ0) is 15.4. The van der Waals surface area contributed by atoms with Gasteiger partial charge in [-0.05, 0) is 38.3 Å². The molecule has 4 nitrogen and oxygen atoms in total. The van der Waals surface area contributed by atoms with E-state index < -0.39 is 0 Å². The first-order valence-electron chi connectivity index (χ1n) is 8.75. The van der Waals surface area contributed by atoms with E-state index in [-0.39, 0.29) is 6.10 Å². The molecule has 1 aromatic heterocycles. The lowest BCUT2D eigenvalue weighted by Gasteiger charge is -2.35. The molecule has 5 rings (SSSR count). The highest BCUT2D eigenvalue weighted by molar-refractivity contribution is 5.70. The minimum atomic E-state index is 0.276. The fourth-order valence-corrected chi connectivity index (χ4v) is 4.66. The van der Waals surface area contributed by atoms with Gasteiger partial charge in [-0.1, -0.05) is 29.4 Å². The van der Waals surface area contributed by atoms with Crippen molar-refractivity contribution in [2.75, 3.05) is 7.05 Å². The summed E-state index contributed by atoms with van der Waals surface area (Å²) in [6.45, 7) is 0. The van der Waals surface area contributed by atoms with E-state index in [0.717, 1.165) is 36.9 Å². The first-order valence-corrected chi connectivity index (χ1v) is 8.75. The van der Waals surface area contributed by atoms with Gasteiger partial charge in [-0.3, -0.25) is 0 Å². The smallest absolute Gasteiger partial charge is 0.315 e. The highest BCUT2D eigenvalue weighted by Crippen LogP contribution is 2.40. The Balaban J connectivity index is 1.41. The Morgan fingerprint density at radius 3 is 2.74 bits per heavy atom. The molecule has 120 valence electrons. The molecule has 0 amide bonds. The van der Waals surface area contributed by atoms with Crippen molar-refractivity contribution in [3.63, 3.8) is 0 Å². The largest absolute Gasteiger partial charge is 0.460 e. The van der Waals surface area contributed by atoms with Crippen LogP contribution < -0.4 is 4.74 Å². The van der Waals surface area contributed by atoms with Crippen LogP contribution in [-0.2, 0) is 12.8 Å². The maximum Gasteiger partial charge on any atom is 0.315 e. The molecule has 1 aromatic carbocycles. The summed E-state index contributed by atoms with van der Waals surface area (Å²) in [5.74, 6) is 0.670. The van der Waals surface area contributed by atoms with Gasteiger partial charge in [-0.25, -0.2) is 0 Å². The molecule has 2 unspecified atom stereocenters. The Labute approximate surface area is 136 Å².